The Kier molecular flexibility index (Phi) is 6.91. The maximum Gasteiger partial charge on any atom is 0.264 e. The van der Waals surface area contributed by atoms with E-state index in [2.05, 4.69) is 26.0 Å². The molecule has 3 aromatic rings. The molecule has 1 heterocycles. The highest BCUT2D eigenvalue weighted by molar-refractivity contribution is 7.99. The summed E-state index contributed by atoms with van der Waals surface area (Å²) in [5.74, 6) is 7.02. The van der Waals surface area contributed by atoms with Gasteiger partial charge in [-0.3, -0.25) is 4.79 Å². The number of benzene rings is 2. The number of methoxy groups -OCH3 is 1. The molecule has 0 bridgehead atoms. The average molecular weight is 426 g/mol. The maximum atomic E-state index is 12.3. The van der Waals surface area contributed by atoms with Gasteiger partial charge in [0, 0.05) is 5.69 Å². The Balaban J connectivity index is 1.53. The minimum absolute atomic E-state index is 0.149. The zero-order chi connectivity index (χ0) is 21.5. The van der Waals surface area contributed by atoms with Crippen LogP contribution in [0.1, 0.15) is 16.7 Å². The van der Waals surface area contributed by atoms with Crippen LogP contribution in [0.4, 0.5) is 11.6 Å². The second-order valence-electron chi connectivity index (χ2n) is 6.47. The molecule has 0 unspecified atom stereocenters. The zero-order valence-corrected chi connectivity index (χ0v) is 17.7. The summed E-state index contributed by atoms with van der Waals surface area (Å²) in [4.78, 5) is 12.3. The standard InChI is InChI=1S/C20H23N7O2S/c1-13-4-5-14(2)17(10-13)23-18(28)12-30-20-26-25-19(27(20)21)24-22-11-15-6-8-16(29-3)9-7-15/h4-11H,12,21H2,1-3H3,(H,23,28)(H,24,25)/b22-11+. The van der Waals surface area contributed by atoms with Crippen LogP contribution in [-0.4, -0.2) is 39.9 Å². The van der Waals surface area contributed by atoms with Crippen molar-refractivity contribution in [2.24, 2.45) is 5.10 Å². The molecule has 4 N–H and O–H groups in total. The van der Waals surface area contributed by atoms with Crippen molar-refractivity contribution in [3.63, 3.8) is 0 Å². The van der Waals surface area contributed by atoms with E-state index in [0.29, 0.717) is 5.16 Å². The quantitative estimate of drug-likeness (QED) is 0.220. The Bertz CT molecular complexity index is 1050. The lowest BCUT2D eigenvalue weighted by Crippen LogP contribution is -2.17. The number of ether oxygens (including phenoxy) is 1. The van der Waals surface area contributed by atoms with E-state index < -0.39 is 0 Å². The Morgan fingerprint density at radius 3 is 2.73 bits per heavy atom. The van der Waals surface area contributed by atoms with Crippen molar-refractivity contribution >= 4 is 35.5 Å². The zero-order valence-electron chi connectivity index (χ0n) is 16.9. The number of carbonyl (C=O) groups excluding carboxylic acids is 1. The van der Waals surface area contributed by atoms with Gasteiger partial charge in [-0.1, -0.05) is 23.9 Å². The van der Waals surface area contributed by atoms with Gasteiger partial charge >= 0.3 is 0 Å². The van der Waals surface area contributed by atoms with Gasteiger partial charge in [0.15, 0.2) is 0 Å². The Morgan fingerprint density at radius 2 is 2.00 bits per heavy atom. The third kappa shape index (κ3) is 5.51. The molecule has 156 valence electrons. The number of nitrogens with two attached hydrogens (primary N) is 1. The summed E-state index contributed by atoms with van der Waals surface area (Å²) in [5, 5.41) is 15.3. The van der Waals surface area contributed by atoms with Crippen LogP contribution >= 0.6 is 11.8 Å². The molecule has 3 rings (SSSR count). The summed E-state index contributed by atoms with van der Waals surface area (Å²) in [7, 11) is 1.61. The van der Waals surface area contributed by atoms with E-state index in [1.54, 1.807) is 13.3 Å². The maximum absolute atomic E-state index is 12.3. The number of amides is 1. The molecule has 0 aliphatic rings. The van der Waals surface area contributed by atoms with E-state index >= 15 is 0 Å². The van der Waals surface area contributed by atoms with Gasteiger partial charge in [-0.25, -0.2) is 10.1 Å². The highest BCUT2D eigenvalue weighted by Crippen LogP contribution is 2.19. The predicted molar refractivity (Wildman–Crippen MR) is 120 cm³/mol. The first-order chi connectivity index (χ1) is 14.5. The number of hydrazone groups is 1. The summed E-state index contributed by atoms with van der Waals surface area (Å²) in [6.07, 6.45) is 1.62. The summed E-state index contributed by atoms with van der Waals surface area (Å²) in [6, 6.07) is 13.3. The molecule has 0 radical (unpaired) electrons. The number of nitrogens with zero attached hydrogens (tertiary/aromatic N) is 4. The summed E-state index contributed by atoms with van der Waals surface area (Å²) in [5.41, 5.74) is 6.50. The second-order valence-corrected chi connectivity index (χ2v) is 7.42. The molecule has 9 nitrogen and oxygen atoms in total. The van der Waals surface area contributed by atoms with E-state index in [1.807, 2.05) is 56.3 Å². The van der Waals surface area contributed by atoms with Crippen LogP contribution in [0, 0.1) is 13.8 Å². The smallest absolute Gasteiger partial charge is 0.264 e. The van der Waals surface area contributed by atoms with E-state index in [9.17, 15) is 4.79 Å². The molecule has 10 heteroatoms. The summed E-state index contributed by atoms with van der Waals surface area (Å²) < 4.78 is 6.37. The molecule has 1 amide bonds. The largest absolute Gasteiger partial charge is 0.497 e. The SMILES string of the molecule is COc1ccc(/C=N/Nc2nnc(SCC(=O)Nc3cc(C)ccc3C)n2N)cc1. The molecular weight excluding hydrogens is 402 g/mol. The fourth-order valence-electron chi connectivity index (χ4n) is 2.49. The van der Waals surface area contributed by atoms with Gasteiger partial charge in [0.2, 0.25) is 11.1 Å². The van der Waals surface area contributed by atoms with Crippen molar-refractivity contribution in [1.82, 2.24) is 14.9 Å². The topological polar surface area (TPSA) is 119 Å². The summed E-state index contributed by atoms with van der Waals surface area (Å²) in [6.45, 7) is 3.93. The van der Waals surface area contributed by atoms with Gasteiger partial charge in [0.05, 0.1) is 19.1 Å². The van der Waals surface area contributed by atoms with Gasteiger partial charge in [-0.05, 0) is 60.9 Å². The van der Waals surface area contributed by atoms with E-state index in [0.717, 1.165) is 28.1 Å². The van der Waals surface area contributed by atoms with Gasteiger partial charge in [-0.15, -0.1) is 10.2 Å². The summed E-state index contributed by atoms with van der Waals surface area (Å²) >= 11 is 1.19. The lowest BCUT2D eigenvalue weighted by molar-refractivity contribution is -0.113. The van der Waals surface area contributed by atoms with Crippen molar-refractivity contribution < 1.29 is 9.53 Å². The lowest BCUT2D eigenvalue weighted by atomic mass is 10.1. The fourth-order valence-corrected chi connectivity index (χ4v) is 3.15. The van der Waals surface area contributed by atoms with Crippen LogP contribution in [0.2, 0.25) is 0 Å². The van der Waals surface area contributed by atoms with Crippen molar-refractivity contribution in [3.05, 3.63) is 59.2 Å². The fraction of sp³-hybridized carbons (Fsp3) is 0.200. The molecule has 0 spiro atoms. The molecule has 1 aromatic heterocycles. The molecule has 0 saturated heterocycles. The average Bonchev–Trinajstić information content (AvgIpc) is 3.09. The molecule has 0 aliphatic carbocycles. The second kappa shape index (κ2) is 9.79. The minimum atomic E-state index is -0.149. The lowest BCUT2D eigenvalue weighted by Gasteiger charge is -2.09. The number of aryl methyl sites for hydroxylation is 2. The molecule has 0 fully saturated rings. The Morgan fingerprint density at radius 1 is 1.23 bits per heavy atom. The number of anilines is 2. The molecular formula is C20H23N7O2S. The van der Waals surface area contributed by atoms with Gasteiger partial charge in [-0.2, -0.15) is 5.10 Å². The number of aromatic nitrogens is 3. The number of thioether (sulfide) groups is 1. The molecule has 30 heavy (non-hydrogen) atoms. The normalized spacial score (nSPS) is 10.9. The van der Waals surface area contributed by atoms with Gasteiger partial charge in [0.1, 0.15) is 5.75 Å². The highest BCUT2D eigenvalue weighted by Gasteiger charge is 2.12. The predicted octanol–water partition coefficient (Wildman–Crippen LogP) is 2.79. The number of nitrogens with one attached hydrogen (secondary N) is 2. The molecule has 0 saturated carbocycles. The number of rotatable bonds is 8. The van der Waals surface area contributed by atoms with E-state index in [4.69, 9.17) is 10.6 Å². The Hall–Kier alpha value is -3.53. The first kappa shape index (κ1) is 21.2. The van der Waals surface area contributed by atoms with Crippen LogP contribution < -0.4 is 21.3 Å². The molecule has 2 aromatic carbocycles. The van der Waals surface area contributed by atoms with Crippen LogP contribution in [0.3, 0.4) is 0 Å². The minimum Gasteiger partial charge on any atom is -0.497 e. The van der Waals surface area contributed by atoms with Crippen LogP contribution in [0.25, 0.3) is 0 Å². The first-order valence-electron chi connectivity index (χ1n) is 9.10. The highest BCUT2D eigenvalue weighted by atomic mass is 32.2. The van der Waals surface area contributed by atoms with E-state index in [-0.39, 0.29) is 17.6 Å². The third-order valence-corrected chi connectivity index (χ3v) is 5.10. The van der Waals surface area contributed by atoms with Crippen molar-refractivity contribution in [2.75, 3.05) is 29.4 Å². The number of hydrogen-bond donors (Lipinski definition) is 3. The monoisotopic (exact) mass is 425 g/mol. The van der Waals surface area contributed by atoms with Gasteiger partial charge < -0.3 is 15.9 Å². The third-order valence-electron chi connectivity index (χ3n) is 4.16. The number of carbonyl (C=O) groups is 1. The van der Waals surface area contributed by atoms with Crippen molar-refractivity contribution in [2.45, 2.75) is 19.0 Å². The van der Waals surface area contributed by atoms with E-state index in [1.165, 1.54) is 16.4 Å². The molecule has 0 aliphatic heterocycles. The number of hydrogen-bond acceptors (Lipinski definition) is 8. The van der Waals surface area contributed by atoms with Crippen LogP contribution in [-0.2, 0) is 4.79 Å². The van der Waals surface area contributed by atoms with Crippen molar-refractivity contribution in [1.29, 1.82) is 0 Å². The number of nitrogen functional groups attached to an aromatic ring is 1. The molecule has 0 atom stereocenters. The van der Waals surface area contributed by atoms with Crippen LogP contribution in [0.15, 0.2) is 52.7 Å². The van der Waals surface area contributed by atoms with Gasteiger partial charge in [0.25, 0.3) is 5.95 Å². The van der Waals surface area contributed by atoms with Crippen molar-refractivity contribution in [3.8, 4) is 5.75 Å². The van der Waals surface area contributed by atoms with Crippen LogP contribution in [0.5, 0.6) is 5.75 Å². The first-order valence-corrected chi connectivity index (χ1v) is 10.1. The Labute approximate surface area is 178 Å².